The third-order valence-corrected chi connectivity index (χ3v) is 4.00. The Bertz CT molecular complexity index is 91.6. The second kappa shape index (κ2) is 1.78. The van der Waals surface area contributed by atoms with Crippen LogP contribution in [0.25, 0.3) is 0 Å². The van der Waals surface area contributed by atoms with E-state index in [1.54, 1.807) is 38.5 Å². The Hall–Kier alpha value is 0. The Morgan fingerprint density at radius 2 is 0.500 bits per heavy atom. The molecule has 6 saturated carbocycles. The van der Waals surface area contributed by atoms with Crippen LogP contribution in [-0.2, 0) is 0 Å². The topological polar surface area (TPSA) is 0 Å². The first-order valence-electron chi connectivity index (χ1n) is 4.90. The fourth-order valence-electron chi connectivity index (χ4n) is 2.41. The van der Waals surface area contributed by atoms with Gasteiger partial charge in [0.05, 0.1) is 0 Å². The van der Waals surface area contributed by atoms with Gasteiger partial charge < -0.3 is 0 Å². The van der Waals surface area contributed by atoms with Gasteiger partial charge in [-0.2, -0.15) is 0 Å². The quantitative estimate of drug-likeness (QED) is 0.480. The molecule has 0 radical (unpaired) electrons. The largest absolute Gasteiger partial charge is 0.0475 e. The highest BCUT2D eigenvalue weighted by Gasteiger charge is 2.41. The zero-order valence-corrected chi connectivity index (χ0v) is 6.55. The molecule has 4 bridgehead atoms. The van der Waals surface area contributed by atoms with Crippen LogP contribution in [-0.4, -0.2) is 0 Å². The second-order valence-corrected chi connectivity index (χ2v) is 4.88. The third-order valence-electron chi connectivity index (χ3n) is 4.00. The Morgan fingerprint density at radius 1 is 0.400 bits per heavy atom. The molecule has 0 heteroatoms. The van der Waals surface area contributed by atoms with Gasteiger partial charge in [-0.3, -0.25) is 0 Å². The molecule has 6 fully saturated rings. The number of hydrogen-bond acceptors (Lipinski definition) is 0. The van der Waals surface area contributed by atoms with E-state index in [1.165, 1.54) is 23.7 Å². The van der Waals surface area contributed by atoms with E-state index >= 15 is 0 Å². The summed E-state index contributed by atoms with van der Waals surface area (Å²) >= 11 is 0. The van der Waals surface area contributed by atoms with E-state index in [4.69, 9.17) is 0 Å². The van der Waals surface area contributed by atoms with Crippen molar-refractivity contribution < 1.29 is 0 Å². The fourth-order valence-corrected chi connectivity index (χ4v) is 2.41. The Morgan fingerprint density at radius 3 is 0.500 bits per heavy atom. The summed E-state index contributed by atoms with van der Waals surface area (Å²) in [6, 6.07) is 0. The first kappa shape index (κ1) is 5.62. The van der Waals surface area contributed by atoms with Gasteiger partial charge in [0.25, 0.3) is 0 Å². The van der Waals surface area contributed by atoms with Crippen molar-refractivity contribution in [3.05, 3.63) is 0 Å². The van der Waals surface area contributed by atoms with Crippen LogP contribution in [0.4, 0.5) is 0 Å². The lowest BCUT2D eigenvalue weighted by atomic mass is 9.56. The molecule has 0 saturated heterocycles. The highest BCUT2D eigenvalue weighted by Crippen LogP contribution is 2.53. The maximum absolute atomic E-state index is 1.58. The van der Waals surface area contributed by atoms with E-state index < -0.39 is 0 Å². The van der Waals surface area contributed by atoms with Crippen molar-refractivity contribution in [2.75, 3.05) is 0 Å². The number of rotatable bonds is 0. The van der Waals surface area contributed by atoms with Crippen LogP contribution < -0.4 is 0 Å². The smallest absolute Gasteiger partial charge is 0.0406 e. The summed E-state index contributed by atoms with van der Waals surface area (Å²) in [7, 11) is 0. The monoisotopic (exact) mass is 136 g/mol. The molecule has 0 spiro atoms. The standard InChI is InChI=1S/2C5H8/c2*1-4-2-5(1)3-4/h2*4-5H,1-3H2. The summed E-state index contributed by atoms with van der Waals surface area (Å²) in [5.41, 5.74) is 0. The summed E-state index contributed by atoms with van der Waals surface area (Å²) in [6.45, 7) is 0. The predicted molar refractivity (Wildman–Crippen MR) is 41.7 cm³/mol. The van der Waals surface area contributed by atoms with Crippen LogP contribution in [0.1, 0.15) is 38.5 Å². The van der Waals surface area contributed by atoms with E-state index in [0.717, 1.165) is 0 Å². The van der Waals surface area contributed by atoms with Gasteiger partial charge in [0, 0.05) is 0 Å². The molecule has 6 rings (SSSR count). The molecule has 0 unspecified atom stereocenters. The van der Waals surface area contributed by atoms with Crippen LogP contribution in [0.2, 0.25) is 0 Å². The molecule has 0 heterocycles. The highest BCUT2D eigenvalue weighted by molar-refractivity contribution is 4.92. The molecule has 0 aromatic heterocycles. The average Bonchev–Trinajstić information content (AvgIpc) is 0.938. The first-order valence-corrected chi connectivity index (χ1v) is 4.90. The Labute approximate surface area is 63.0 Å². The van der Waals surface area contributed by atoms with Gasteiger partial charge in [-0.25, -0.2) is 0 Å². The first-order chi connectivity index (χ1) is 4.90. The Balaban J connectivity index is 0.0000000720. The molecule has 0 N–H and O–H groups in total. The molecule has 0 amide bonds. The van der Waals surface area contributed by atoms with Crippen molar-refractivity contribution in [1.82, 2.24) is 0 Å². The number of hydrogen-bond donors (Lipinski definition) is 0. The second-order valence-electron chi connectivity index (χ2n) is 4.88. The summed E-state index contributed by atoms with van der Waals surface area (Å²) in [6.07, 6.45) is 9.50. The van der Waals surface area contributed by atoms with Crippen molar-refractivity contribution in [2.45, 2.75) is 38.5 Å². The Kier molecular flexibility index (Phi) is 1.00. The minimum Gasteiger partial charge on any atom is -0.0475 e. The molecule has 0 atom stereocenters. The van der Waals surface area contributed by atoms with Crippen molar-refractivity contribution in [3.8, 4) is 0 Å². The minimum absolute atomic E-state index is 1.21. The van der Waals surface area contributed by atoms with E-state index in [1.807, 2.05) is 0 Å². The summed E-state index contributed by atoms with van der Waals surface area (Å²) in [5, 5.41) is 0. The lowest BCUT2D eigenvalue weighted by Crippen LogP contribution is -2.38. The molecule has 6 aliphatic carbocycles. The average molecular weight is 136 g/mol. The van der Waals surface area contributed by atoms with Gasteiger partial charge in [-0.15, -0.1) is 0 Å². The molecule has 56 valence electrons. The molecular weight excluding hydrogens is 120 g/mol. The van der Waals surface area contributed by atoms with Gasteiger partial charge in [0.1, 0.15) is 0 Å². The van der Waals surface area contributed by atoms with Crippen LogP contribution in [0.15, 0.2) is 0 Å². The van der Waals surface area contributed by atoms with Crippen LogP contribution in [0.3, 0.4) is 0 Å². The third kappa shape index (κ3) is 0.681. The summed E-state index contributed by atoms with van der Waals surface area (Å²) in [5.74, 6) is 4.83. The van der Waals surface area contributed by atoms with Crippen molar-refractivity contribution in [2.24, 2.45) is 23.7 Å². The van der Waals surface area contributed by atoms with E-state index in [-0.39, 0.29) is 0 Å². The van der Waals surface area contributed by atoms with E-state index in [9.17, 15) is 0 Å². The van der Waals surface area contributed by atoms with Gasteiger partial charge >= 0.3 is 0 Å². The molecule has 0 aromatic rings. The van der Waals surface area contributed by atoms with E-state index in [0.29, 0.717) is 0 Å². The maximum Gasteiger partial charge on any atom is -0.0406 e. The van der Waals surface area contributed by atoms with Crippen LogP contribution >= 0.6 is 0 Å². The van der Waals surface area contributed by atoms with Crippen LogP contribution in [0.5, 0.6) is 0 Å². The molecular formula is C10H16. The zero-order valence-electron chi connectivity index (χ0n) is 6.55. The molecule has 0 aliphatic heterocycles. The van der Waals surface area contributed by atoms with Crippen molar-refractivity contribution >= 4 is 0 Å². The van der Waals surface area contributed by atoms with Gasteiger partial charge in [0.15, 0.2) is 0 Å². The zero-order chi connectivity index (χ0) is 6.55. The van der Waals surface area contributed by atoms with Gasteiger partial charge in [-0.1, -0.05) is 0 Å². The summed E-state index contributed by atoms with van der Waals surface area (Å²) < 4.78 is 0. The molecule has 6 aliphatic rings. The summed E-state index contributed by atoms with van der Waals surface area (Å²) in [4.78, 5) is 0. The lowest BCUT2D eigenvalue weighted by Gasteiger charge is -2.49. The minimum atomic E-state index is 1.21. The van der Waals surface area contributed by atoms with Gasteiger partial charge in [-0.05, 0) is 62.2 Å². The van der Waals surface area contributed by atoms with Crippen LogP contribution in [0, 0.1) is 23.7 Å². The molecule has 10 heavy (non-hydrogen) atoms. The van der Waals surface area contributed by atoms with Gasteiger partial charge in [0.2, 0.25) is 0 Å². The highest BCUT2D eigenvalue weighted by atomic mass is 14.5. The fraction of sp³-hybridized carbons (Fsp3) is 1.00. The van der Waals surface area contributed by atoms with E-state index in [2.05, 4.69) is 0 Å². The molecule has 0 nitrogen and oxygen atoms in total. The normalized spacial score (nSPS) is 57.6. The maximum atomic E-state index is 1.58. The SMILES string of the molecule is C1C2CC1C2.C1C2CC1C2. The molecule has 0 aromatic carbocycles. The predicted octanol–water partition coefficient (Wildman–Crippen LogP) is 2.83. The van der Waals surface area contributed by atoms with Crippen molar-refractivity contribution in [1.29, 1.82) is 0 Å². The van der Waals surface area contributed by atoms with Crippen molar-refractivity contribution in [3.63, 3.8) is 0 Å². The lowest BCUT2D eigenvalue weighted by molar-refractivity contribution is 0.0197.